The molecular weight excluding hydrogens is 334 g/mol. The smallest absolute Gasteiger partial charge is 0.258 e. The van der Waals surface area contributed by atoms with Gasteiger partial charge in [0.1, 0.15) is 0 Å². The number of rotatable bonds is 2. The Balaban J connectivity index is 1.78. The van der Waals surface area contributed by atoms with Crippen LogP contribution < -0.4 is 5.32 Å². The highest BCUT2D eigenvalue weighted by atomic mass is 32.1. The molecule has 1 N–H and O–H groups in total. The number of hydrogen-bond donors (Lipinski definition) is 1. The second kappa shape index (κ2) is 5.63. The maximum absolute atomic E-state index is 12.9. The molecule has 126 valence electrons. The first-order valence-corrected chi connectivity index (χ1v) is 8.74. The first-order chi connectivity index (χ1) is 11.9. The average Bonchev–Trinajstić information content (AvgIpc) is 3.09. The van der Waals surface area contributed by atoms with Crippen LogP contribution in [0.1, 0.15) is 27.3 Å². The van der Waals surface area contributed by atoms with Crippen molar-refractivity contribution in [2.24, 2.45) is 7.05 Å². The number of aromatic nitrogens is 4. The summed E-state index contributed by atoms with van der Waals surface area (Å²) in [5, 5.41) is 8.70. The van der Waals surface area contributed by atoms with Crippen LogP contribution in [0.25, 0.3) is 21.3 Å². The largest absolute Gasteiger partial charge is 0.298 e. The van der Waals surface area contributed by atoms with E-state index in [1.807, 2.05) is 46.0 Å². The van der Waals surface area contributed by atoms with E-state index in [0.717, 1.165) is 32.6 Å². The van der Waals surface area contributed by atoms with E-state index in [1.165, 1.54) is 11.3 Å². The van der Waals surface area contributed by atoms with Gasteiger partial charge in [-0.1, -0.05) is 23.5 Å². The van der Waals surface area contributed by atoms with E-state index < -0.39 is 0 Å². The second-order valence-corrected chi connectivity index (χ2v) is 7.14. The molecule has 4 aromatic rings. The number of aryl methyl sites for hydroxylation is 4. The highest BCUT2D eigenvalue weighted by molar-refractivity contribution is 7.22. The Morgan fingerprint density at radius 2 is 2.00 bits per heavy atom. The number of carbonyl (C=O) groups excluding carboxylic acids is 1. The molecule has 1 aromatic carbocycles. The van der Waals surface area contributed by atoms with Crippen LogP contribution in [-0.4, -0.2) is 25.7 Å². The monoisotopic (exact) mass is 351 g/mol. The summed E-state index contributed by atoms with van der Waals surface area (Å²) in [4.78, 5) is 22.0. The molecule has 1 amide bonds. The Bertz CT molecular complexity index is 1140. The first-order valence-electron chi connectivity index (χ1n) is 7.92. The molecule has 0 atom stereocenters. The molecule has 0 unspecified atom stereocenters. The van der Waals surface area contributed by atoms with Gasteiger partial charge in [-0.2, -0.15) is 5.10 Å². The number of amides is 1. The van der Waals surface area contributed by atoms with Crippen LogP contribution in [0.5, 0.6) is 0 Å². The van der Waals surface area contributed by atoms with Gasteiger partial charge in [0.05, 0.1) is 26.9 Å². The summed E-state index contributed by atoms with van der Waals surface area (Å²) in [6, 6.07) is 7.82. The average molecular weight is 351 g/mol. The number of nitrogens with one attached hydrogen (secondary N) is 1. The zero-order valence-corrected chi connectivity index (χ0v) is 15.2. The van der Waals surface area contributed by atoms with Crippen molar-refractivity contribution in [1.82, 2.24) is 19.7 Å². The Morgan fingerprint density at radius 1 is 1.20 bits per heavy atom. The molecule has 0 bridgehead atoms. The number of fused-ring (bicyclic) bond motifs is 2. The molecule has 3 heterocycles. The van der Waals surface area contributed by atoms with E-state index in [9.17, 15) is 4.79 Å². The minimum atomic E-state index is -0.191. The predicted octanol–water partition coefficient (Wildman–Crippen LogP) is 3.76. The van der Waals surface area contributed by atoms with Crippen LogP contribution in [0.2, 0.25) is 0 Å². The predicted molar refractivity (Wildman–Crippen MR) is 100 cm³/mol. The molecular formula is C18H17N5OS. The number of pyridine rings is 1. The summed E-state index contributed by atoms with van der Waals surface area (Å²) in [5.41, 5.74) is 4.87. The van der Waals surface area contributed by atoms with Crippen molar-refractivity contribution in [3.63, 3.8) is 0 Å². The highest BCUT2D eigenvalue weighted by Crippen LogP contribution is 2.29. The van der Waals surface area contributed by atoms with Crippen LogP contribution in [0.3, 0.4) is 0 Å². The third-order valence-electron chi connectivity index (χ3n) is 4.18. The minimum absolute atomic E-state index is 0.191. The normalized spacial score (nSPS) is 11.4. The van der Waals surface area contributed by atoms with Crippen LogP contribution >= 0.6 is 11.3 Å². The molecule has 3 aromatic heterocycles. The van der Waals surface area contributed by atoms with E-state index >= 15 is 0 Å². The van der Waals surface area contributed by atoms with Gasteiger partial charge in [0, 0.05) is 12.7 Å². The third kappa shape index (κ3) is 2.56. The van der Waals surface area contributed by atoms with Crippen molar-refractivity contribution in [1.29, 1.82) is 0 Å². The minimum Gasteiger partial charge on any atom is -0.298 e. The van der Waals surface area contributed by atoms with Crippen molar-refractivity contribution in [3.05, 3.63) is 46.8 Å². The topological polar surface area (TPSA) is 72.7 Å². The molecule has 0 aliphatic rings. The molecule has 0 aliphatic carbocycles. The van der Waals surface area contributed by atoms with Gasteiger partial charge in [0.25, 0.3) is 5.91 Å². The summed E-state index contributed by atoms with van der Waals surface area (Å²) in [5.74, 6) is -0.191. The molecule has 0 radical (unpaired) electrons. The Hall–Kier alpha value is -2.80. The summed E-state index contributed by atoms with van der Waals surface area (Å²) in [6.07, 6.45) is 0. The molecule has 25 heavy (non-hydrogen) atoms. The van der Waals surface area contributed by atoms with Gasteiger partial charge >= 0.3 is 0 Å². The first kappa shape index (κ1) is 15.7. The lowest BCUT2D eigenvalue weighted by molar-refractivity contribution is 0.102. The second-order valence-electron chi connectivity index (χ2n) is 6.11. The number of carbonyl (C=O) groups is 1. The fourth-order valence-electron chi connectivity index (χ4n) is 3.05. The maximum Gasteiger partial charge on any atom is 0.258 e. The van der Waals surface area contributed by atoms with Gasteiger partial charge in [0.2, 0.25) is 0 Å². The zero-order valence-electron chi connectivity index (χ0n) is 14.4. The lowest BCUT2D eigenvalue weighted by Gasteiger charge is -2.05. The maximum atomic E-state index is 12.9. The molecule has 4 rings (SSSR count). The van der Waals surface area contributed by atoms with Crippen LogP contribution in [-0.2, 0) is 7.05 Å². The van der Waals surface area contributed by atoms with Crippen LogP contribution in [0, 0.1) is 20.8 Å². The highest BCUT2D eigenvalue weighted by Gasteiger charge is 2.19. The standard InChI is InChI=1S/C18H17N5OS/c1-9-6-5-7-13-15(9)20-18(25-13)21-17(24)12-8-10(2)19-16-14(12)11(3)22-23(16)4/h5-8H,1-4H3,(H,20,21,24). The van der Waals surface area contributed by atoms with E-state index in [2.05, 4.69) is 20.4 Å². The Kier molecular flexibility index (Phi) is 3.54. The third-order valence-corrected chi connectivity index (χ3v) is 5.12. The number of thiazole rings is 1. The Labute approximate surface area is 148 Å². The van der Waals surface area contributed by atoms with Crippen LogP contribution in [0.4, 0.5) is 5.13 Å². The van der Waals surface area contributed by atoms with E-state index in [4.69, 9.17) is 0 Å². The summed E-state index contributed by atoms with van der Waals surface area (Å²) < 4.78 is 2.76. The van der Waals surface area contributed by atoms with E-state index in [-0.39, 0.29) is 5.91 Å². The summed E-state index contributed by atoms with van der Waals surface area (Å²) >= 11 is 1.47. The lowest BCUT2D eigenvalue weighted by Crippen LogP contribution is -2.13. The lowest BCUT2D eigenvalue weighted by atomic mass is 10.1. The molecule has 0 saturated carbocycles. The van der Waals surface area contributed by atoms with Crippen molar-refractivity contribution >= 4 is 43.6 Å². The quantitative estimate of drug-likeness (QED) is 0.597. The summed E-state index contributed by atoms with van der Waals surface area (Å²) in [6.45, 7) is 5.78. The van der Waals surface area contributed by atoms with Gasteiger partial charge < -0.3 is 0 Å². The number of nitrogens with zero attached hydrogens (tertiary/aromatic N) is 4. The summed E-state index contributed by atoms with van der Waals surface area (Å²) in [7, 11) is 1.83. The Morgan fingerprint density at radius 3 is 2.76 bits per heavy atom. The fraction of sp³-hybridized carbons (Fsp3) is 0.222. The van der Waals surface area contributed by atoms with Gasteiger partial charge in [0.15, 0.2) is 10.8 Å². The number of para-hydroxylation sites is 1. The molecule has 7 heteroatoms. The van der Waals surface area contributed by atoms with Crippen molar-refractivity contribution in [2.45, 2.75) is 20.8 Å². The van der Waals surface area contributed by atoms with E-state index in [0.29, 0.717) is 16.3 Å². The SMILES string of the molecule is Cc1cc(C(=O)Nc2nc3c(C)cccc3s2)c2c(C)nn(C)c2n1. The number of anilines is 1. The van der Waals surface area contributed by atoms with E-state index in [1.54, 1.807) is 10.7 Å². The van der Waals surface area contributed by atoms with Crippen molar-refractivity contribution in [3.8, 4) is 0 Å². The van der Waals surface area contributed by atoms with Gasteiger partial charge in [-0.3, -0.25) is 14.8 Å². The molecule has 0 fully saturated rings. The molecule has 6 nitrogen and oxygen atoms in total. The number of benzene rings is 1. The van der Waals surface area contributed by atoms with Crippen LogP contribution in [0.15, 0.2) is 24.3 Å². The fourth-order valence-corrected chi connectivity index (χ4v) is 3.99. The molecule has 0 saturated heterocycles. The van der Waals surface area contributed by atoms with Gasteiger partial charge in [-0.25, -0.2) is 9.97 Å². The molecule has 0 spiro atoms. The van der Waals surface area contributed by atoms with Gasteiger partial charge in [-0.05, 0) is 38.5 Å². The van der Waals surface area contributed by atoms with Crippen molar-refractivity contribution in [2.75, 3.05) is 5.32 Å². The van der Waals surface area contributed by atoms with Gasteiger partial charge in [-0.15, -0.1) is 0 Å². The zero-order chi connectivity index (χ0) is 17.7. The number of hydrogen-bond acceptors (Lipinski definition) is 5. The van der Waals surface area contributed by atoms with Crippen molar-refractivity contribution < 1.29 is 4.79 Å². The molecule has 0 aliphatic heterocycles.